The summed E-state index contributed by atoms with van der Waals surface area (Å²) < 4.78 is 10.3. The van der Waals surface area contributed by atoms with Gasteiger partial charge in [0, 0.05) is 17.6 Å². The van der Waals surface area contributed by atoms with Crippen LogP contribution in [0.5, 0.6) is 0 Å². The lowest BCUT2D eigenvalue weighted by atomic mass is 10.0. The zero-order valence-corrected chi connectivity index (χ0v) is 18.9. The lowest BCUT2D eigenvalue weighted by Gasteiger charge is -2.30. The zero-order chi connectivity index (χ0) is 23.6. The number of carbonyl (C=O) groups excluding carboxylic acids is 3. The maximum absolute atomic E-state index is 12.8. The van der Waals surface area contributed by atoms with Gasteiger partial charge in [-0.1, -0.05) is 0 Å². The van der Waals surface area contributed by atoms with Crippen LogP contribution in [0.2, 0.25) is 0 Å². The van der Waals surface area contributed by atoms with E-state index in [-0.39, 0.29) is 28.4 Å². The summed E-state index contributed by atoms with van der Waals surface area (Å²) in [5.41, 5.74) is -0.318. The number of aromatic nitrogens is 1. The highest BCUT2D eigenvalue weighted by molar-refractivity contribution is 7.17. The van der Waals surface area contributed by atoms with E-state index in [1.54, 1.807) is 20.8 Å². The van der Waals surface area contributed by atoms with Gasteiger partial charge in [-0.25, -0.2) is 14.4 Å². The summed E-state index contributed by atoms with van der Waals surface area (Å²) in [6.45, 7) is 5.87. The number of aromatic carboxylic acids is 1. The number of nitrogens with one attached hydrogen (secondary N) is 1. The highest BCUT2D eigenvalue weighted by atomic mass is 32.1. The van der Waals surface area contributed by atoms with E-state index in [4.69, 9.17) is 9.47 Å². The summed E-state index contributed by atoms with van der Waals surface area (Å²) in [4.78, 5) is 55.2. The minimum absolute atomic E-state index is 0.192. The van der Waals surface area contributed by atoms with Gasteiger partial charge in [-0.15, -0.1) is 11.3 Å². The molecule has 0 aromatic carbocycles. The first-order chi connectivity index (χ1) is 15.0. The number of thiophene rings is 1. The SMILES string of the molecule is COC(=O)c1c(NC(=O)c2ncccc2C(=O)O)sc2c1CCN(C(=O)OC(C)(C)C)C2. The summed E-state index contributed by atoms with van der Waals surface area (Å²) >= 11 is 1.12. The quantitative estimate of drug-likeness (QED) is 0.663. The topological polar surface area (TPSA) is 135 Å². The normalized spacial score (nSPS) is 13.2. The van der Waals surface area contributed by atoms with Gasteiger partial charge in [0.1, 0.15) is 16.3 Å². The van der Waals surface area contributed by atoms with Crippen LogP contribution in [-0.4, -0.2) is 58.2 Å². The first-order valence-corrected chi connectivity index (χ1v) is 10.5. The molecule has 0 atom stereocenters. The number of hydrogen-bond donors (Lipinski definition) is 2. The minimum atomic E-state index is -1.30. The fourth-order valence-corrected chi connectivity index (χ4v) is 4.46. The van der Waals surface area contributed by atoms with Crippen LogP contribution in [0.1, 0.15) is 62.4 Å². The Hall–Kier alpha value is -3.47. The Morgan fingerprint density at radius 2 is 1.97 bits per heavy atom. The summed E-state index contributed by atoms with van der Waals surface area (Å²) in [5, 5.41) is 12.1. The number of esters is 1. The van der Waals surface area contributed by atoms with Crippen LogP contribution in [0.15, 0.2) is 18.3 Å². The van der Waals surface area contributed by atoms with Crippen molar-refractivity contribution >= 4 is 40.3 Å². The fraction of sp³-hybridized carbons (Fsp3) is 0.381. The molecule has 2 aromatic rings. The molecule has 1 aliphatic heterocycles. The van der Waals surface area contributed by atoms with Crippen molar-refractivity contribution in [1.29, 1.82) is 0 Å². The van der Waals surface area contributed by atoms with Crippen molar-refractivity contribution in [2.75, 3.05) is 19.0 Å². The van der Waals surface area contributed by atoms with Crippen molar-refractivity contribution in [2.24, 2.45) is 0 Å². The number of nitrogens with zero attached hydrogens (tertiary/aromatic N) is 2. The van der Waals surface area contributed by atoms with Crippen LogP contribution in [0.4, 0.5) is 9.80 Å². The monoisotopic (exact) mass is 461 g/mol. The molecule has 0 unspecified atom stereocenters. The standard InChI is InChI=1S/C21H23N3O7S/c1-21(2,3)31-20(29)24-9-7-11-13(10-24)32-17(14(11)19(28)30-4)23-16(25)15-12(18(26)27)6-5-8-22-15/h5-6,8H,7,9-10H2,1-4H3,(H,23,25)(H,26,27). The van der Waals surface area contributed by atoms with Crippen LogP contribution in [0.3, 0.4) is 0 Å². The lowest BCUT2D eigenvalue weighted by Crippen LogP contribution is -2.39. The van der Waals surface area contributed by atoms with Crippen molar-refractivity contribution in [3.63, 3.8) is 0 Å². The molecule has 3 rings (SSSR count). The van der Waals surface area contributed by atoms with Crippen molar-refractivity contribution < 1.29 is 33.8 Å². The number of rotatable bonds is 4. The molecule has 11 heteroatoms. The molecule has 2 amide bonds. The molecule has 0 spiro atoms. The number of methoxy groups -OCH3 is 1. The second-order valence-corrected chi connectivity index (χ2v) is 9.12. The Balaban J connectivity index is 1.92. The van der Waals surface area contributed by atoms with E-state index < -0.39 is 29.5 Å². The maximum atomic E-state index is 12.8. The van der Waals surface area contributed by atoms with Gasteiger partial charge in [-0.2, -0.15) is 0 Å². The first kappa shape index (κ1) is 23.2. The van der Waals surface area contributed by atoms with Gasteiger partial charge >= 0.3 is 18.0 Å². The summed E-state index contributed by atoms with van der Waals surface area (Å²) in [6, 6.07) is 2.68. The van der Waals surface area contributed by atoms with E-state index >= 15 is 0 Å². The lowest BCUT2D eigenvalue weighted by molar-refractivity contribution is 0.0226. The molecule has 0 bridgehead atoms. The van der Waals surface area contributed by atoms with Crippen LogP contribution in [0.25, 0.3) is 0 Å². The number of carboxylic acid groups (broad SMARTS) is 1. The van der Waals surface area contributed by atoms with Crippen molar-refractivity contribution in [2.45, 2.75) is 39.3 Å². The summed E-state index contributed by atoms with van der Waals surface area (Å²) in [6.07, 6.45) is 1.21. The smallest absolute Gasteiger partial charge is 0.410 e. The highest BCUT2D eigenvalue weighted by Gasteiger charge is 2.33. The van der Waals surface area contributed by atoms with E-state index in [1.165, 1.54) is 30.3 Å². The minimum Gasteiger partial charge on any atom is -0.478 e. The Labute approximate surface area is 188 Å². The number of carbonyl (C=O) groups is 4. The summed E-state index contributed by atoms with van der Waals surface area (Å²) in [5.74, 6) is -2.70. The van der Waals surface area contributed by atoms with Crippen LogP contribution >= 0.6 is 11.3 Å². The predicted octanol–water partition coefficient (Wildman–Crippen LogP) is 3.17. The molecule has 1 aliphatic rings. The van der Waals surface area contributed by atoms with Crippen LogP contribution < -0.4 is 5.32 Å². The second kappa shape index (κ2) is 8.95. The van der Waals surface area contributed by atoms with E-state index in [0.29, 0.717) is 23.4 Å². The molecule has 0 fully saturated rings. The Bertz CT molecular complexity index is 1090. The number of pyridine rings is 1. The number of ether oxygens (including phenoxy) is 2. The molecule has 0 saturated heterocycles. The number of hydrogen-bond acceptors (Lipinski definition) is 8. The van der Waals surface area contributed by atoms with Crippen LogP contribution in [0, 0.1) is 0 Å². The van der Waals surface area contributed by atoms with Gasteiger partial charge in [0.2, 0.25) is 0 Å². The van der Waals surface area contributed by atoms with Gasteiger partial charge in [-0.3, -0.25) is 9.78 Å². The molecule has 0 radical (unpaired) electrons. The van der Waals surface area contributed by atoms with Gasteiger partial charge in [0.15, 0.2) is 0 Å². The van der Waals surface area contributed by atoms with E-state index in [9.17, 15) is 24.3 Å². The van der Waals surface area contributed by atoms with Gasteiger partial charge in [0.05, 0.1) is 24.8 Å². The van der Waals surface area contributed by atoms with Crippen molar-refractivity contribution in [3.05, 3.63) is 45.6 Å². The molecule has 2 aromatic heterocycles. The molecule has 2 N–H and O–H groups in total. The predicted molar refractivity (Wildman–Crippen MR) is 115 cm³/mol. The summed E-state index contributed by atoms with van der Waals surface area (Å²) in [7, 11) is 1.23. The van der Waals surface area contributed by atoms with Crippen molar-refractivity contribution in [3.8, 4) is 0 Å². The maximum Gasteiger partial charge on any atom is 0.410 e. The number of amides is 2. The van der Waals surface area contributed by atoms with E-state index in [2.05, 4.69) is 10.3 Å². The third kappa shape index (κ3) is 4.88. The Kier molecular flexibility index (Phi) is 6.49. The number of anilines is 1. The Morgan fingerprint density at radius 1 is 1.25 bits per heavy atom. The number of carboxylic acids is 1. The van der Waals surface area contributed by atoms with E-state index in [0.717, 1.165) is 11.3 Å². The Morgan fingerprint density at radius 3 is 2.59 bits per heavy atom. The first-order valence-electron chi connectivity index (χ1n) is 9.72. The molecule has 32 heavy (non-hydrogen) atoms. The fourth-order valence-electron chi connectivity index (χ4n) is 3.21. The molecular weight excluding hydrogens is 438 g/mol. The molecule has 10 nitrogen and oxygen atoms in total. The number of fused-ring (bicyclic) bond motifs is 1. The molecule has 3 heterocycles. The average molecular weight is 461 g/mol. The van der Waals surface area contributed by atoms with Gasteiger partial charge in [-0.05, 0) is 44.9 Å². The largest absolute Gasteiger partial charge is 0.478 e. The third-order valence-corrected chi connectivity index (χ3v) is 5.71. The zero-order valence-electron chi connectivity index (χ0n) is 18.1. The van der Waals surface area contributed by atoms with Crippen LogP contribution in [-0.2, 0) is 22.4 Å². The third-order valence-electron chi connectivity index (χ3n) is 4.58. The average Bonchev–Trinajstić information content (AvgIpc) is 3.08. The molecular formula is C21H23N3O7S. The van der Waals surface area contributed by atoms with E-state index in [1.807, 2.05) is 0 Å². The van der Waals surface area contributed by atoms with Gasteiger partial charge in [0.25, 0.3) is 5.91 Å². The second-order valence-electron chi connectivity index (χ2n) is 8.01. The highest BCUT2D eigenvalue weighted by Crippen LogP contribution is 2.38. The van der Waals surface area contributed by atoms with Gasteiger partial charge < -0.3 is 24.8 Å². The van der Waals surface area contributed by atoms with Crippen molar-refractivity contribution in [1.82, 2.24) is 9.88 Å². The molecule has 170 valence electrons. The molecule has 0 saturated carbocycles. The molecule has 0 aliphatic carbocycles.